The number of allylic oxidation sites excluding steroid dienone is 2. The molecule has 0 amide bonds. The highest BCUT2D eigenvalue weighted by Gasteiger charge is 2.52. The monoisotopic (exact) mass is 178 g/mol. The third-order valence-electron chi connectivity index (χ3n) is 4.64. The number of rotatable bonds is 1. The van der Waals surface area contributed by atoms with Gasteiger partial charge in [0.25, 0.3) is 0 Å². The van der Waals surface area contributed by atoms with Gasteiger partial charge in [0.05, 0.1) is 0 Å². The first-order chi connectivity index (χ1) is 6.36. The first-order valence-electron chi connectivity index (χ1n) is 5.66. The molecule has 2 fully saturated rings. The lowest BCUT2D eigenvalue weighted by molar-refractivity contribution is 0.0612. The topological polar surface area (TPSA) is 20.2 Å². The average Bonchev–Trinajstić information content (AvgIpc) is 2.72. The van der Waals surface area contributed by atoms with E-state index in [1.165, 1.54) is 38.5 Å². The molecular formula is C12H18O. The van der Waals surface area contributed by atoms with Gasteiger partial charge in [0, 0.05) is 12.0 Å². The van der Waals surface area contributed by atoms with Crippen molar-refractivity contribution in [2.24, 2.45) is 17.3 Å². The summed E-state index contributed by atoms with van der Waals surface area (Å²) in [5.74, 6) is 1.62. The number of fused-ring (bicyclic) bond motifs is 5. The fourth-order valence-corrected chi connectivity index (χ4v) is 4.09. The molecule has 3 aliphatic carbocycles. The molecule has 0 aromatic carbocycles. The standard InChI is InChI=1S/C12H18O/c13-8-12-6-2-3-9(7-12)10-4-1-5-11(10)12/h4,9,11,13H,1-3,5-8H2/t9-,11-,12+/m0/s1. The quantitative estimate of drug-likeness (QED) is 0.612. The molecule has 0 spiro atoms. The average molecular weight is 178 g/mol. The van der Waals surface area contributed by atoms with Crippen LogP contribution in [-0.4, -0.2) is 11.7 Å². The zero-order valence-corrected chi connectivity index (χ0v) is 8.13. The highest BCUT2D eigenvalue weighted by atomic mass is 16.3. The van der Waals surface area contributed by atoms with Gasteiger partial charge in [-0.25, -0.2) is 0 Å². The summed E-state index contributed by atoms with van der Waals surface area (Å²) in [5.41, 5.74) is 2.05. The molecule has 3 aliphatic rings. The molecule has 72 valence electrons. The molecular weight excluding hydrogens is 160 g/mol. The fourth-order valence-electron chi connectivity index (χ4n) is 4.09. The first kappa shape index (κ1) is 8.05. The molecule has 13 heavy (non-hydrogen) atoms. The SMILES string of the molecule is OC[C@@]12CCC[C@@H](C1)C1=CCC[C@@H]12. The van der Waals surface area contributed by atoms with Gasteiger partial charge in [0.2, 0.25) is 0 Å². The van der Waals surface area contributed by atoms with E-state index < -0.39 is 0 Å². The van der Waals surface area contributed by atoms with Crippen LogP contribution >= 0.6 is 0 Å². The summed E-state index contributed by atoms with van der Waals surface area (Å²) in [4.78, 5) is 0. The van der Waals surface area contributed by atoms with E-state index in [-0.39, 0.29) is 0 Å². The molecule has 2 bridgehead atoms. The maximum Gasteiger partial charge on any atom is 0.0493 e. The summed E-state index contributed by atoms with van der Waals surface area (Å²) in [6.07, 6.45) is 10.4. The Hall–Kier alpha value is -0.300. The summed E-state index contributed by atoms with van der Waals surface area (Å²) in [6.45, 7) is 0.436. The number of hydrogen-bond acceptors (Lipinski definition) is 1. The maximum atomic E-state index is 9.59. The van der Waals surface area contributed by atoms with Gasteiger partial charge in [-0.1, -0.05) is 18.1 Å². The third kappa shape index (κ3) is 0.914. The molecule has 0 saturated heterocycles. The summed E-state index contributed by atoms with van der Waals surface area (Å²) < 4.78 is 0. The molecule has 1 N–H and O–H groups in total. The lowest BCUT2D eigenvalue weighted by Gasteiger charge is -2.35. The van der Waals surface area contributed by atoms with Crippen molar-refractivity contribution in [1.82, 2.24) is 0 Å². The van der Waals surface area contributed by atoms with Crippen molar-refractivity contribution in [3.8, 4) is 0 Å². The highest BCUT2D eigenvalue weighted by Crippen LogP contribution is 2.60. The van der Waals surface area contributed by atoms with Gasteiger partial charge in [0.15, 0.2) is 0 Å². The minimum absolute atomic E-state index is 0.325. The Morgan fingerprint density at radius 2 is 2.38 bits per heavy atom. The maximum absolute atomic E-state index is 9.59. The van der Waals surface area contributed by atoms with Crippen LogP contribution < -0.4 is 0 Å². The van der Waals surface area contributed by atoms with Crippen molar-refractivity contribution >= 4 is 0 Å². The van der Waals surface area contributed by atoms with Gasteiger partial charge in [-0.3, -0.25) is 0 Å². The van der Waals surface area contributed by atoms with Gasteiger partial charge in [-0.2, -0.15) is 0 Å². The van der Waals surface area contributed by atoms with Crippen LogP contribution in [0.2, 0.25) is 0 Å². The molecule has 2 saturated carbocycles. The van der Waals surface area contributed by atoms with Gasteiger partial charge in [0.1, 0.15) is 0 Å². The van der Waals surface area contributed by atoms with E-state index in [0.29, 0.717) is 12.0 Å². The summed E-state index contributed by atoms with van der Waals surface area (Å²) in [7, 11) is 0. The molecule has 0 unspecified atom stereocenters. The second kappa shape index (κ2) is 2.60. The lowest BCUT2D eigenvalue weighted by atomic mass is 9.71. The fraction of sp³-hybridized carbons (Fsp3) is 0.833. The Bertz CT molecular complexity index is 256. The molecule has 0 aliphatic heterocycles. The first-order valence-corrected chi connectivity index (χ1v) is 5.66. The minimum atomic E-state index is 0.325. The molecule has 0 heterocycles. The zero-order chi connectivity index (χ0) is 8.89. The largest absolute Gasteiger partial charge is 0.396 e. The third-order valence-corrected chi connectivity index (χ3v) is 4.64. The molecule has 0 radical (unpaired) electrons. The van der Waals surface area contributed by atoms with E-state index in [1.54, 1.807) is 5.57 Å². The van der Waals surface area contributed by atoms with Crippen molar-refractivity contribution in [2.45, 2.75) is 38.5 Å². The normalized spacial score (nSPS) is 47.6. The van der Waals surface area contributed by atoms with E-state index in [9.17, 15) is 5.11 Å². The van der Waals surface area contributed by atoms with E-state index in [4.69, 9.17) is 0 Å². The van der Waals surface area contributed by atoms with E-state index >= 15 is 0 Å². The minimum Gasteiger partial charge on any atom is -0.396 e. The van der Waals surface area contributed by atoms with Crippen LogP contribution in [0.3, 0.4) is 0 Å². The van der Waals surface area contributed by atoms with E-state index in [2.05, 4.69) is 6.08 Å². The van der Waals surface area contributed by atoms with Crippen molar-refractivity contribution in [3.63, 3.8) is 0 Å². The summed E-state index contributed by atoms with van der Waals surface area (Å²) >= 11 is 0. The van der Waals surface area contributed by atoms with Crippen molar-refractivity contribution in [1.29, 1.82) is 0 Å². The molecule has 1 heteroatoms. The molecule has 0 aromatic rings. The van der Waals surface area contributed by atoms with E-state index in [0.717, 1.165) is 11.8 Å². The van der Waals surface area contributed by atoms with Crippen LogP contribution in [0.15, 0.2) is 11.6 Å². The predicted molar refractivity (Wildman–Crippen MR) is 52.3 cm³/mol. The van der Waals surface area contributed by atoms with Crippen molar-refractivity contribution in [3.05, 3.63) is 11.6 Å². The van der Waals surface area contributed by atoms with Gasteiger partial charge >= 0.3 is 0 Å². The number of aliphatic hydroxyl groups is 1. The van der Waals surface area contributed by atoms with Crippen LogP contribution in [0.5, 0.6) is 0 Å². The zero-order valence-electron chi connectivity index (χ0n) is 8.13. The predicted octanol–water partition coefficient (Wildman–Crippen LogP) is 2.51. The molecule has 1 nitrogen and oxygen atoms in total. The summed E-state index contributed by atoms with van der Waals surface area (Å²) in [5, 5.41) is 9.59. The Balaban J connectivity index is 2.01. The molecule has 3 atom stereocenters. The van der Waals surface area contributed by atoms with Crippen LogP contribution in [0.25, 0.3) is 0 Å². The summed E-state index contributed by atoms with van der Waals surface area (Å²) in [6, 6.07) is 0. The Labute approximate surface area is 79.8 Å². The second-order valence-corrected chi connectivity index (χ2v) is 5.15. The molecule has 0 aromatic heterocycles. The highest BCUT2D eigenvalue weighted by molar-refractivity contribution is 5.27. The lowest BCUT2D eigenvalue weighted by Crippen LogP contribution is -2.31. The Morgan fingerprint density at radius 3 is 3.23 bits per heavy atom. The van der Waals surface area contributed by atoms with Crippen LogP contribution in [0, 0.1) is 17.3 Å². The van der Waals surface area contributed by atoms with Gasteiger partial charge in [-0.15, -0.1) is 0 Å². The van der Waals surface area contributed by atoms with Crippen molar-refractivity contribution < 1.29 is 5.11 Å². The van der Waals surface area contributed by atoms with Crippen LogP contribution in [0.4, 0.5) is 0 Å². The number of aliphatic hydroxyl groups excluding tert-OH is 1. The smallest absolute Gasteiger partial charge is 0.0493 e. The van der Waals surface area contributed by atoms with Crippen LogP contribution in [-0.2, 0) is 0 Å². The van der Waals surface area contributed by atoms with Gasteiger partial charge < -0.3 is 5.11 Å². The van der Waals surface area contributed by atoms with E-state index in [1.807, 2.05) is 0 Å². The second-order valence-electron chi connectivity index (χ2n) is 5.15. The Morgan fingerprint density at radius 1 is 1.46 bits per heavy atom. The number of hydrogen-bond donors (Lipinski definition) is 1. The molecule has 3 rings (SSSR count). The van der Waals surface area contributed by atoms with Crippen molar-refractivity contribution in [2.75, 3.05) is 6.61 Å². The van der Waals surface area contributed by atoms with Crippen LogP contribution in [0.1, 0.15) is 38.5 Å². The Kier molecular flexibility index (Phi) is 1.61. The van der Waals surface area contributed by atoms with Gasteiger partial charge in [-0.05, 0) is 43.9 Å².